The molecule has 0 aliphatic rings. The van der Waals surface area contributed by atoms with Crippen molar-refractivity contribution < 1.29 is 0 Å². The Morgan fingerprint density at radius 1 is 1.40 bits per heavy atom. The molecule has 0 spiro atoms. The van der Waals surface area contributed by atoms with E-state index in [9.17, 15) is 0 Å². The van der Waals surface area contributed by atoms with Crippen molar-refractivity contribution in [2.75, 3.05) is 5.73 Å². The van der Waals surface area contributed by atoms with Gasteiger partial charge in [0.15, 0.2) is 5.16 Å². The van der Waals surface area contributed by atoms with Crippen LogP contribution in [0.25, 0.3) is 0 Å². The van der Waals surface area contributed by atoms with E-state index in [0.717, 1.165) is 21.3 Å². The number of nitrogen functional groups attached to an aromatic ring is 1. The van der Waals surface area contributed by atoms with Gasteiger partial charge in [-0.05, 0) is 30.7 Å². The quantitative estimate of drug-likeness (QED) is 0.789. The fraction of sp³-hybridized carbons (Fsp3) is 0.182. The van der Waals surface area contributed by atoms with Crippen molar-refractivity contribution in [2.45, 2.75) is 17.0 Å². The maximum absolute atomic E-state index is 5.76. The van der Waals surface area contributed by atoms with Gasteiger partial charge < -0.3 is 10.3 Å². The number of nitrogens with zero attached hydrogens (tertiary/aromatic N) is 2. The van der Waals surface area contributed by atoms with Gasteiger partial charge in [-0.1, -0.05) is 11.8 Å². The first kappa shape index (κ1) is 10.1. The van der Waals surface area contributed by atoms with E-state index in [2.05, 4.69) is 11.1 Å². The highest BCUT2D eigenvalue weighted by Crippen LogP contribution is 2.27. The molecule has 0 radical (unpaired) electrons. The number of aromatic nitrogens is 2. The Kier molecular flexibility index (Phi) is 2.68. The molecule has 0 aliphatic carbocycles. The van der Waals surface area contributed by atoms with Crippen LogP contribution in [0.5, 0.6) is 0 Å². The second-order valence-corrected chi connectivity index (χ2v) is 4.48. The van der Waals surface area contributed by atoms with Gasteiger partial charge >= 0.3 is 0 Å². The Hall–Kier alpha value is -1.42. The number of aryl methyl sites for hydroxylation is 2. The van der Waals surface area contributed by atoms with Crippen molar-refractivity contribution in [3.63, 3.8) is 0 Å². The summed E-state index contributed by atoms with van der Waals surface area (Å²) >= 11 is 1.64. The zero-order valence-corrected chi connectivity index (χ0v) is 9.58. The van der Waals surface area contributed by atoms with Crippen LogP contribution >= 0.6 is 11.8 Å². The Labute approximate surface area is 93.3 Å². The number of hydrogen-bond acceptors (Lipinski definition) is 3. The second-order valence-electron chi connectivity index (χ2n) is 3.44. The normalized spacial score (nSPS) is 10.5. The minimum atomic E-state index is 0.833. The van der Waals surface area contributed by atoms with Crippen molar-refractivity contribution in [3.05, 3.63) is 36.2 Å². The van der Waals surface area contributed by atoms with Crippen LogP contribution in [0.1, 0.15) is 5.56 Å². The van der Waals surface area contributed by atoms with E-state index in [1.807, 2.05) is 36.9 Å². The van der Waals surface area contributed by atoms with Gasteiger partial charge in [-0.25, -0.2) is 4.98 Å². The number of rotatable bonds is 2. The third-order valence-corrected chi connectivity index (χ3v) is 3.29. The lowest BCUT2D eigenvalue weighted by Crippen LogP contribution is -1.91. The van der Waals surface area contributed by atoms with Gasteiger partial charge in [0.25, 0.3) is 0 Å². The number of anilines is 1. The Balaban J connectivity index is 2.25. The second kappa shape index (κ2) is 3.98. The highest BCUT2D eigenvalue weighted by Gasteiger charge is 2.03. The Morgan fingerprint density at radius 3 is 2.80 bits per heavy atom. The number of nitrogens with two attached hydrogens (primary N) is 1. The Morgan fingerprint density at radius 2 is 2.20 bits per heavy atom. The first-order valence-electron chi connectivity index (χ1n) is 4.68. The largest absolute Gasteiger partial charge is 0.399 e. The number of benzene rings is 1. The van der Waals surface area contributed by atoms with Crippen LogP contribution in [0.15, 0.2) is 40.6 Å². The zero-order chi connectivity index (χ0) is 10.8. The van der Waals surface area contributed by atoms with E-state index < -0.39 is 0 Å². The van der Waals surface area contributed by atoms with Crippen LogP contribution in [0.2, 0.25) is 0 Å². The molecule has 1 aromatic carbocycles. The van der Waals surface area contributed by atoms with Crippen LogP contribution in [0.4, 0.5) is 5.69 Å². The molecule has 15 heavy (non-hydrogen) atoms. The van der Waals surface area contributed by atoms with Gasteiger partial charge in [-0.15, -0.1) is 0 Å². The standard InChI is InChI=1S/C11H13N3S/c1-8-7-9(3-4-10(8)12)15-11-13-5-6-14(11)2/h3-7H,12H2,1-2H3. The lowest BCUT2D eigenvalue weighted by Gasteiger charge is -2.04. The van der Waals surface area contributed by atoms with Crippen LogP contribution in [-0.2, 0) is 7.05 Å². The van der Waals surface area contributed by atoms with Gasteiger partial charge in [0.2, 0.25) is 0 Å². The summed E-state index contributed by atoms with van der Waals surface area (Å²) in [6.45, 7) is 2.01. The minimum Gasteiger partial charge on any atom is -0.399 e. The SMILES string of the molecule is Cc1cc(Sc2nccn2C)ccc1N. The summed E-state index contributed by atoms with van der Waals surface area (Å²) in [6, 6.07) is 6.02. The predicted octanol–water partition coefficient (Wildman–Crippen LogP) is 2.46. The average molecular weight is 219 g/mol. The molecule has 0 aliphatic heterocycles. The summed E-state index contributed by atoms with van der Waals surface area (Å²) in [5.74, 6) is 0. The van der Waals surface area contributed by atoms with Crippen molar-refractivity contribution >= 4 is 17.4 Å². The molecule has 0 saturated heterocycles. The molecule has 0 fully saturated rings. The molecule has 3 nitrogen and oxygen atoms in total. The molecule has 2 aromatic rings. The first-order chi connectivity index (χ1) is 7.16. The van der Waals surface area contributed by atoms with E-state index in [-0.39, 0.29) is 0 Å². The van der Waals surface area contributed by atoms with Crippen molar-refractivity contribution in [1.29, 1.82) is 0 Å². The van der Waals surface area contributed by atoms with Crippen molar-refractivity contribution in [3.8, 4) is 0 Å². The molecule has 1 aromatic heterocycles. The maximum Gasteiger partial charge on any atom is 0.172 e. The molecule has 2 N–H and O–H groups in total. The van der Waals surface area contributed by atoms with Crippen LogP contribution < -0.4 is 5.73 Å². The monoisotopic (exact) mass is 219 g/mol. The molecule has 0 saturated carbocycles. The van der Waals surface area contributed by atoms with Crippen LogP contribution in [0.3, 0.4) is 0 Å². The predicted molar refractivity (Wildman–Crippen MR) is 62.9 cm³/mol. The van der Waals surface area contributed by atoms with Gasteiger partial charge in [0, 0.05) is 30.0 Å². The van der Waals surface area contributed by atoms with Gasteiger partial charge in [0.1, 0.15) is 0 Å². The van der Waals surface area contributed by atoms with Crippen LogP contribution in [0, 0.1) is 6.92 Å². The number of hydrogen-bond donors (Lipinski definition) is 1. The van der Waals surface area contributed by atoms with Gasteiger partial charge in [0.05, 0.1) is 0 Å². The summed E-state index contributed by atoms with van der Waals surface area (Å²) in [7, 11) is 1.99. The van der Waals surface area contributed by atoms with Crippen LogP contribution in [-0.4, -0.2) is 9.55 Å². The van der Waals surface area contributed by atoms with E-state index in [1.165, 1.54) is 0 Å². The molecule has 0 unspecified atom stereocenters. The first-order valence-corrected chi connectivity index (χ1v) is 5.50. The highest BCUT2D eigenvalue weighted by atomic mass is 32.2. The van der Waals surface area contributed by atoms with Crippen molar-refractivity contribution in [2.24, 2.45) is 7.05 Å². The van der Waals surface area contributed by atoms with Crippen molar-refractivity contribution in [1.82, 2.24) is 9.55 Å². The topological polar surface area (TPSA) is 43.8 Å². The molecule has 0 bridgehead atoms. The third kappa shape index (κ3) is 2.15. The summed E-state index contributed by atoms with van der Waals surface area (Å²) in [4.78, 5) is 5.42. The molecule has 0 atom stereocenters. The van der Waals surface area contributed by atoms with Gasteiger partial charge in [-0.2, -0.15) is 0 Å². The molecular weight excluding hydrogens is 206 g/mol. The summed E-state index contributed by atoms with van der Waals surface area (Å²) < 4.78 is 2.00. The highest BCUT2D eigenvalue weighted by molar-refractivity contribution is 7.99. The lowest BCUT2D eigenvalue weighted by atomic mass is 10.2. The van der Waals surface area contributed by atoms with E-state index in [4.69, 9.17) is 5.73 Å². The van der Waals surface area contributed by atoms with E-state index in [1.54, 1.807) is 18.0 Å². The molecule has 4 heteroatoms. The Bertz CT molecular complexity index is 476. The fourth-order valence-electron chi connectivity index (χ4n) is 1.27. The molecule has 1 heterocycles. The van der Waals surface area contributed by atoms with Gasteiger partial charge in [-0.3, -0.25) is 0 Å². The summed E-state index contributed by atoms with van der Waals surface area (Å²) in [5.41, 5.74) is 7.70. The zero-order valence-electron chi connectivity index (χ0n) is 8.77. The van der Waals surface area contributed by atoms with E-state index in [0.29, 0.717) is 0 Å². The average Bonchev–Trinajstić information content (AvgIpc) is 2.59. The van der Waals surface area contributed by atoms with E-state index >= 15 is 0 Å². The summed E-state index contributed by atoms with van der Waals surface area (Å²) in [5, 5.41) is 0.985. The number of imidazole rings is 1. The summed E-state index contributed by atoms with van der Waals surface area (Å²) in [6.07, 6.45) is 3.74. The lowest BCUT2D eigenvalue weighted by molar-refractivity contribution is 0.790. The molecule has 78 valence electrons. The minimum absolute atomic E-state index is 0.833. The molecule has 2 rings (SSSR count). The molecule has 0 amide bonds. The maximum atomic E-state index is 5.76. The third-order valence-electron chi connectivity index (χ3n) is 2.23. The fourth-order valence-corrected chi connectivity index (χ4v) is 2.17. The smallest absolute Gasteiger partial charge is 0.172 e. The molecular formula is C11H13N3S.